The van der Waals surface area contributed by atoms with E-state index in [0.29, 0.717) is 11.3 Å². The van der Waals surface area contributed by atoms with Crippen molar-refractivity contribution in [2.75, 3.05) is 14.1 Å². The van der Waals surface area contributed by atoms with Crippen LogP contribution < -0.4 is 0 Å². The summed E-state index contributed by atoms with van der Waals surface area (Å²) in [5, 5.41) is 0. The number of hydrogen-bond donors (Lipinski definition) is 0. The highest BCUT2D eigenvalue weighted by atomic mass is 15.0. The van der Waals surface area contributed by atoms with Crippen molar-refractivity contribution in [1.82, 2.24) is 4.90 Å². The minimum atomic E-state index is 0.299. The average Bonchev–Trinajstić information content (AvgIpc) is 1.96. The maximum absolute atomic E-state index is 4.08. The summed E-state index contributed by atoms with van der Waals surface area (Å²) in [5.74, 6) is 0.517. The molecule has 0 amide bonds. The van der Waals surface area contributed by atoms with Gasteiger partial charge in [-0.1, -0.05) is 39.8 Å². The fourth-order valence-corrected chi connectivity index (χ4v) is 0.945. The third-order valence-electron chi connectivity index (χ3n) is 2.44. The Morgan fingerprint density at radius 3 is 2.08 bits per heavy atom. The highest BCUT2D eigenvalue weighted by Gasteiger charge is 2.20. The fourth-order valence-electron chi connectivity index (χ4n) is 0.945. The van der Waals surface area contributed by atoms with Gasteiger partial charge in [-0.15, -0.1) is 0 Å². The molecule has 0 rings (SSSR count). The van der Waals surface area contributed by atoms with Gasteiger partial charge in [0.1, 0.15) is 0 Å². The molecular formula is C12H23N. The lowest BCUT2D eigenvalue weighted by molar-refractivity contribution is 0.305. The zero-order valence-electron chi connectivity index (χ0n) is 9.89. The monoisotopic (exact) mass is 181 g/mol. The van der Waals surface area contributed by atoms with Gasteiger partial charge >= 0.3 is 0 Å². The highest BCUT2D eigenvalue weighted by Crippen LogP contribution is 2.30. The van der Waals surface area contributed by atoms with Crippen molar-refractivity contribution >= 4 is 0 Å². The second kappa shape index (κ2) is 4.50. The van der Waals surface area contributed by atoms with Crippen LogP contribution in [0.5, 0.6) is 0 Å². The van der Waals surface area contributed by atoms with Gasteiger partial charge in [0.2, 0.25) is 0 Å². The first-order chi connectivity index (χ1) is 5.75. The van der Waals surface area contributed by atoms with Crippen LogP contribution in [0.25, 0.3) is 0 Å². The Labute approximate surface area is 83.1 Å². The molecule has 0 spiro atoms. The molecule has 0 N–H and O–H groups in total. The Morgan fingerprint density at radius 1 is 1.31 bits per heavy atom. The number of rotatable bonds is 3. The van der Waals surface area contributed by atoms with E-state index >= 15 is 0 Å². The van der Waals surface area contributed by atoms with Crippen LogP contribution in [-0.2, 0) is 0 Å². The van der Waals surface area contributed by atoms with Crippen LogP contribution in [0.2, 0.25) is 0 Å². The molecule has 0 aromatic heterocycles. The molecule has 0 aromatic rings. The van der Waals surface area contributed by atoms with Crippen LogP contribution in [0.15, 0.2) is 24.4 Å². The predicted molar refractivity (Wildman–Crippen MR) is 60.6 cm³/mol. The quantitative estimate of drug-likeness (QED) is 0.604. The smallest absolute Gasteiger partial charge is 0.00556 e. The normalized spacial score (nSPS) is 14.6. The van der Waals surface area contributed by atoms with Gasteiger partial charge in [-0.25, -0.2) is 0 Å². The van der Waals surface area contributed by atoms with Crippen LogP contribution in [0.3, 0.4) is 0 Å². The van der Waals surface area contributed by atoms with E-state index in [1.807, 2.05) is 25.2 Å². The second-order valence-electron chi connectivity index (χ2n) is 4.94. The van der Waals surface area contributed by atoms with Crippen molar-refractivity contribution in [3.8, 4) is 0 Å². The molecule has 0 fully saturated rings. The van der Waals surface area contributed by atoms with E-state index in [-0.39, 0.29) is 0 Å². The Bertz CT molecular complexity index is 194. The molecule has 0 aliphatic rings. The van der Waals surface area contributed by atoms with Crippen molar-refractivity contribution in [3.63, 3.8) is 0 Å². The molecule has 13 heavy (non-hydrogen) atoms. The summed E-state index contributed by atoms with van der Waals surface area (Å²) in [6.45, 7) is 13.0. The first-order valence-electron chi connectivity index (χ1n) is 4.78. The molecule has 1 atom stereocenters. The summed E-state index contributed by atoms with van der Waals surface area (Å²) in [6.07, 6.45) is 4.14. The third-order valence-corrected chi connectivity index (χ3v) is 2.44. The predicted octanol–water partition coefficient (Wildman–Crippen LogP) is 3.30. The van der Waals surface area contributed by atoms with Crippen molar-refractivity contribution in [3.05, 3.63) is 24.4 Å². The van der Waals surface area contributed by atoms with E-state index in [9.17, 15) is 0 Å². The molecule has 1 nitrogen and oxygen atoms in total. The third kappa shape index (κ3) is 4.76. The zero-order chi connectivity index (χ0) is 10.6. The summed E-state index contributed by atoms with van der Waals surface area (Å²) in [4.78, 5) is 2.03. The Morgan fingerprint density at radius 2 is 1.77 bits per heavy atom. The van der Waals surface area contributed by atoms with Gasteiger partial charge in [0, 0.05) is 14.1 Å². The highest BCUT2D eigenvalue weighted by molar-refractivity contribution is 5.18. The molecule has 1 unspecified atom stereocenters. The van der Waals surface area contributed by atoms with Crippen LogP contribution in [0, 0.1) is 11.3 Å². The van der Waals surface area contributed by atoms with E-state index in [4.69, 9.17) is 0 Å². The number of hydrogen-bond acceptors (Lipinski definition) is 1. The maximum Gasteiger partial charge on any atom is 0.00556 e. The first kappa shape index (κ1) is 12.3. The second-order valence-corrected chi connectivity index (χ2v) is 4.94. The lowest BCUT2D eigenvalue weighted by Gasteiger charge is -2.27. The summed E-state index contributed by atoms with van der Waals surface area (Å²) in [5.41, 5.74) is 1.49. The van der Waals surface area contributed by atoms with Crippen molar-refractivity contribution in [2.24, 2.45) is 11.3 Å². The summed E-state index contributed by atoms with van der Waals surface area (Å²) >= 11 is 0. The van der Waals surface area contributed by atoms with Gasteiger partial charge in [-0.05, 0) is 23.6 Å². The van der Waals surface area contributed by atoms with Crippen molar-refractivity contribution < 1.29 is 0 Å². The van der Waals surface area contributed by atoms with E-state index in [2.05, 4.69) is 40.3 Å². The van der Waals surface area contributed by atoms with Gasteiger partial charge in [0.25, 0.3) is 0 Å². The molecule has 0 aliphatic heterocycles. The SMILES string of the molecule is C=C(/C=C\N(C)C)C(C)C(C)(C)C. The Balaban J connectivity index is 4.29. The van der Waals surface area contributed by atoms with Gasteiger partial charge in [0.15, 0.2) is 0 Å². The van der Waals surface area contributed by atoms with Crippen LogP contribution in [0.4, 0.5) is 0 Å². The van der Waals surface area contributed by atoms with Crippen LogP contribution >= 0.6 is 0 Å². The zero-order valence-corrected chi connectivity index (χ0v) is 9.89. The molecule has 0 aliphatic carbocycles. The van der Waals surface area contributed by atoms with Gasteiger partial charge < -0.3 is 4.90 Å². The summed E-state index contributed by atoms with van der Waals surface area (Å²) in [6, 6.07) is 0. The van der Waals surface area contributed by atoms with Gasteiger partial charge in [-0.3, -0.25) is 0 Å². The Kier molecular flexibility index (Phi) is 4.25. The number of nitrogens with zero attached hydrogens (tertiary/aromatic N) is 1. The van der Waals surface area contributed by atoms with E-state index in [1.165, 1.54) is 5.57 Å². The molecule has 1 heteroatoms. The molecule has 0 heterocycles. The molecule has 0 aromatic carbocycles. The largest absolute Gasteiger partial charge is 0.383 e. The van der Waals surface area contributed by atoms with Gasteiger partial charge in [0.05, 0.1) is 0 Å². The van der Waals surface area contributed by atoms with Crippen LogP contribution in [-0.4, -0.2) is 19.0 Å². The molecule has 0 radical (unpaired) electrons. The Hall–Kier alpha value is -0.720. The minimum absolute atomic E-state index is 0.299. The molecule has 0 saturated carbocycles. The number of allylic oxidation sites excluding steroid dienone is 2. The van der Waals surface area contributed by atoms with Crippen molar-refractivity contribution in [1.29, 1.82) is 0 Å². The van der Waals surface area contributed by atoms with Crippen LogP contribution in [0.1, 0.15) is 27.7 Å². The fraction of sp³-hybridized carbons (Fsp3) is 0.667. The van der Waals surface area contributed by atoms with Gasteiger partial charge in [-0.2, -0.15) is 0 Å². The summed E-state index contributed by atoms with van der Waals surface area (Å²) in [7, 11) is 4.04. The lowest BCUT2D eigenvalue weighted by Crippen LogP contribution is -2.18. The van der Waals surface area contributed by atoms with E-state index in [0.717, 1.165) is 0 Å². The molecular weight excluding hydrogens is 158 g/mol. The average molecular weight is 181 g/mol. The maximum atomic E-state index is 4.08. The first-order valence-corrected chi connectivity index (χ1v) is 4.78. The standard InChI is InChI=1S/C12H23N/c1-10(8-9-13(6)7)11(2)12(3,4)5/h8-9,11H,1H2,2-7H3/b9-8-. The van der Waals surface area contributed by atoms with E-state index < -0.39 is 0 Å². The summed E-state index contributed by atoms with van der Waals surface area (Å²) < 4.78 is 0. The molecule has 0 saturated heterocycles. The van der Waals surface area contributed by atoms with E-state index in [1.54, 1.807) is 0 Å². The molecule has 0 bridgehead atoms. The topological polar surface area (TPSA) is 3.24 Å². The van der Waals surface area contributed by atoms with Crippen molar-refractivity contribution in [2.45, 2.75) is 27.7 Å². The minimum Gasteiger partial charge on any atom is -0.383 e. The lowest BCUT2D eigenvalue weighted by atomic mass is 9.78. The molecule has 76 valence electrons.